The molecule has 88 valence electrons. The third-order valence-corrected chi connectivity index (χ3v) is 4.40. The zero-order valence-electron chi connectivity index (χ0n) is 9.72. The van der Waals surface area contributed by atoms with Crippen molar-refractivity contribution in [3.63, 3.8) is 0 Å². The first-order valence-corrected chi connectivity index (χ1v) is 6.89. The van der Waals surface area contributed by atoms with E-state index in [1.54, 1.807) is 0 Å². The molecular formula is C12H19N3S. The van der Waals surface area contributed by atoms with Crippen LogP contribution in [-0.2, 0) is 6.54 Å². The molecule has 16 heavy (non-hydrogen) atoms. The van der Waals surface area contributed by atoms with Gasteiger partial charge >= 0.3 is 0 Å². The van der Waals surface area contributed by atoms with E-state index in [0.29, 0.717) is 6.54 Å². The van der Waals surface area contributed by atoms with Gasteiger partial charge in [0.1, 0.15) is 0 Å². The van der Waals surface area contributed by atoms with Gasteiger partial charge in [0.25, 0.3) is 0 Å². The van der Waals surface area contributed by atoms with Crippen molar-refractivity contribution in [2.45, 2.75) is 25.1 Å². The van der Waals surface area contributed by atoms with Gasteiger partial charge in [0.05, 0.1) is 0 Å². The van der Waals surface area contributed by atoms with Crippen LogP contribution in [0, 0.1) is 0 Å². The highest BCUT2D eigenvalue weighted by atomic mass is 32.2. The number of thioether (sulfide) groups is 1. The highest BCUT2D eigenvalue weighted by Crippen LogP contribution is 2.27. The number of nitrogens with zero attached hydrogens (tertiary/aromatic N) is 2. The fourth-order valence-corrected chi connectivity index (χ4v) is 3.25. The van der Waals surface area contributed by atoms with E-state index in [2.05, 4.69) is 34.6 Å². The van der Waals surface area contributed by atoms with E-state index >= 15 is 0 Å². The molecular weight excluding hydrogens is 218 g/mol. The number of aromatic nitrogens is 1. The van der Waals surface area contributed by atoms with Crippen LogP contribution in [0.5, 0.6) is 0 Å². The second-order valence-electron chi connectivity index (χ2n) is 4.06. The SMILES string of the molecule is CCC1CN(c2ccncc2CN)CCS1. The quantitative estimate of drug-likeness (QED) is 0.871. The van der Waals surface area contributed by atoms with Crippen molar-refractivity contribution < 1.29 is 0 Å². The maximum Gasteiger partial charge on any atom is 0.0443 e. The lowest BCUT2D eigenvalue weighted by molar-refractivity contribution is 0.724. The second-order valence-corrected chi connectivity index (χ2v) is 5.46. The summed E-state index contributed by atoms with van der Waals surface area (Å²) in [5.74, 6) is 1.21. The van der Waals surface area contributed by atoms with Gasteiger partial charge < -0.3 is 10.6 Å². The summed E-state index contributed by atoms with van der Waals surface area (Å²) in [7, 11) is 0. The topological polar surface area (TPSA) is 42.2 Å². The summed E-state index contributed by atoms with van der Waals surface area (Å²) in [6, 6.07) is 2.09. The van der Waals surface area contributed by atoms with Crippen molar-refractivity contribution >= 4 is 17.4 Å². The lowest BCUT2D eigenvalue weighted by Gasteiger charge is -2.34. The monoisotopic (exact) mass is 237 g/mol. The van der Waals surface area contributed by atoms with E-state index in [1.165, 1.54) is 17.9 Å². The summed E-state index contributed by atoms with van der Waals surface area (Å²) < 4.78 is 0. The van der Waals surface area contributed by atoms with Crippen LogP contribution in [0.3, 0.4) is 0 Å². The van der Waals surface area contributed by atoms with Crippen LogP contribution < -0.4 is 10.6 Å². The van der Waals surface area contributed by atoms with Crippen LogP contribution in [0.25, 0.3) is 0 Å². The maximum atomic E-state index is 5.75. The van der Waals surface area contributed by atoms with Crippen molar-refractivity contribution in [1.82, 2.24) is 4.98 Å². The van der Waals surface area contributed by atoms with Crippen LogP contribution in [0.2, 0.25) is 0 Å². The van der Waals surface area contributed by atoms with E-state index in [1.807, 2.05) is 12.4 Å². The molecule has 0 aromatic carbocycles. The predicted octanol–water partition coefficient (Wildman–Crippen LogP) is 1.87. The van der Waals surface area contributed by atoms with E-state index < -0.39 is 0 Å². The first kappa shape index (κ1) is 11.7. The minimum atomic E-state index is 0.573. The molecule has 1 aromatic rings. The van der Waals surface area contributed by atoms with E-state index in [4.69, 9.17) is 5.73 Å². The number of nitrogens with two attached hydrogens (primary N) is 1. The molecule has 0 spiro atoms. The Hall–Kier alpha value is -0.740. The van der Waals surface area contributed by atoms with Crippen LogP contribution in [0.1, 0.15) is 18.9 Å². The van der Waals surface area contributed by atoms with Gasteiger partial charge in [-0.25, -0.2) is 0 Å². The molecule has 0 saturated carbocycles. The van der Waals surface area contributed by atoms with Crippen molar-refractivity contribution in [2.75, 3.05) is 23.7 Å². The van der Waals surface area contributed by atoms with Crippen LogP contribution in [0.15, 0.2) is 18.5 Å². The molecule has 4 heteroatoms. The van der Waals surface area contributed by atoms with Crippen LogP contribution in [0.4, 0.5) is 5.69 Å². The summed E-state index contributed by atoms with van der Waals surface area (Å²) in [5, 5.41) is 0.757. The Morgan fingerprint density at radius 1 is 1.62 bits per heavy atom. The third kappa shape index (κ3) is 2.50. The minimum absolute atomic E-state index is 0.573. The van der Waals surface area contributed by atoms with Crippen molar-refractivity contribution in [2.24, 2.45) is 5.73 Å². The molecule has 1 fully saturated rings. The van der Waals surface area contributed by atoms with Gasteiger partial charge in [-0.2, -0.15) is 11.8 Å². The van der Waals surface area contributed by atoms with Crippen molar-refractivity contribution in [1.29, 1.82) is 0 Å². The molecule has 1 aliphatic rings. The Bertz CT molecular complexity index is 343. The predicted molar refractivity (Wildman–Crippen MR) is 70.9 cm³/mol. The standard InChI is InChI=1S/C12H19N3S/c1-2-11-9-15(5-6-16-11)12-3-4-14-8-10(12)7-13/h3-4,8,11H,2,5-7,9,13H2,1H3. The molecule has 1 unspecified atom stereocenters. The highest BCUT2D eigenvalue weighted by molar-refractivity contribution is 8.00. The average Bonchev–Trinajstić information content (AvgIpc) is 2.38. The van der Waals surface area contributed by atoms with Gasteiger partial charge in [-0.1, -0.05) is 6.92 Å². The summed E-state index contributed by atoms with van der Waals surface area (Å²) in [6.07, 6.45) is 4.99. The second kappa shape index (κ2) is 5.55. The van der Waals surface area contributed by atoms with Gasteiger partial charge in [0.15, 0.2) is 0 Å². The van der Waals surface area contributed by atoms with Gasteiger partial charge in [0.2, 0.25) is 0 Å². The summed E-state index contributed by atoms with van der Waals surface area (Å²) in [6.45, 7) is 5.09. The number of anilines is 1. The molecule has 3 nitrogen and oxygen atoms in total. The summed E-state index contributed by atoms with van der Waals surface area (Å²) in [5.41, 5.74) is 8.18. The van der Waals surface area contributed by atoms with E-state index in [0.717, 1.165) is 23.9 Å². The zero-order valence-corrected chi connectivity index (χ0v) is 10.5. The molecule has 1 aromatic heterocycles. The van der Waals surface area contributed by atoms with E-state index in [9.17, 15) is 0 Å². The smallest absolute Gasteiger partial charge is 0.0443 e. The molecule has 0 radical (unpaired) electrons. The molecule has 2 heterocycles. The number of pyridine rings is 1. The van der Waals surface area contributed by atoms with Crippen LogP contribution >= 0.6 is 11.8 Å². The number of hydrogen-bond donors (Lipinski definition) is 1. The molecule has 0 bridgehead atoms. The molecule has 0 amide bonds. The molecule has 1 aliphatic heterocycles. The molecule has 1 atom stereocenters. The number of rotatable bonds is 3. The Morgan fingerprint density at radius 2 is 2.50 bits per heavy atom. The van der Waals surface area contributed by atoms with Gasteiger partial charge in [-0.05, 0) is 12.5 Å². The molecule has 2 N–H and O–H groups in total. The van der Waals surface area contributed by atoms with Gasteiger partial charge in [0, 0.05) is 54.3 Å². The maximum absolute atomic E-state index is 5.75. The zero-order chi connectivity index (χ0) is 11.4. The van der Waals surface area contributed by atoms with Gasteiger partial charge in [-0.15, -0.1) is 0 Å². The molecule has 2 rings (SSSR count). The Morgan fingerprint density at radius 3 is 3.25 bits per heavy atom. The first-order chi connectivity index (χ1) is 7.85. The largest absolute Gasteiger partial charge is 0.369 e. The fraction of sp³-hybridized carbons (Fsp3) is 0.583. The normalized spacial score (nSPS) is 21.1. The van der Waals surface area contributed by atoms with E-state index in [-0.39, 0.29) is 0 Å². The number of hydrogen-bond acceptors (Lipinski definition) is 4. The highest BCUT2D eigenvalue weighted by Gasteiger charge is 2.20. The average molecular weight is 237 g/mol. The molecule has 0 aliphatic carbocycles. The Kier molecular flexibility index (Phi) is 4.07. The van der Waals surface area contributed by atoms with Crippen molar-refractivity contribution in [3.05, 3.63) is 24.0 Å². The van der Waals surface area contributed by atoms with Crippen LogP contribution in [-0.4, -0.2) is 29.1 Å². The molecule has 1 saturated heterocycles. The van der Waals surface area contributed by atoms with Crippen molar-refractivity contribution in [3.8, 4) is 0 Å². The summed E-state index contributed by atoms with van der Waals surface area (Å²) >= 11 is 2.09. The Labute approximate surface area is 101 Å². The Balaban J connectivity index is 2.16. The first-order valence-electron chi connectivity index (χ1n) is 5.84. The fourth-order valence-electron chi connectivity index (χ4n) is 2.07. The summed E-state index contributed by atoms with van der Waals surface area (Å²) in [4.78, 5) is 6.59. The third-order valence-electron chi connectivity index (χ3n) is 3.03. The minimum Gasteiger partial charge on any atom is -0.369 e. The van der Waals surface area contributed by atoms with Gasteiger partial charge in [-0.3, -0.25) is 4.98 Å². The lowest BCUT2D eigenvalue weighted by Crippen LogP contribution is -2.38. The lowest BCUT2D eigenvalue weighted by atomic mass is 10.2.